The van der Waals surface area contributed by atoms with Gasteiger partial charge in [-0.2, -0.15) is 0 Å². The highest BCUT2D eigenvalue weighted by Gasteiger charge is 2.26. The molecule has 6 nitrogen and oxygen atoms in total. The first kappa shape index (κ1) is 16.8. The second-order valence-electron chi connectivity index (χ2n) is 4.91. The van der Waals surface area contributed by atoms with Crippen molar-refractivity contribution in [2.75, 3.05) is 19.1 Å². The zero-order chi connectivity index (χ0) is 16.0. The number of aliphatic carboxylic acids is 1. The van der Waals surface area contributed by atoms with E-state index in [2.05, 4.69) is 5.32 Å². The summed E-state index contributed by atoms with van der Waals surface area (Å²) >= 11 is 0. The first-order chi connectivity index (χ1) is 9.90. The molecule has 0 aliphatic rings. The van der Waals surface area contributed by atoms with Crippen molar-refractivity contribution in [2.24, 2.45) is 5.92 Å². The molecule has 0 radical (unpaired) electrons. The lowest BCUT2D eigenvalue weighted by Gasteiger charge is -2.24. The predicted octanol–water partition coefficient (Wildman–Crippen LogP) is 2.34. The molecule has 21 heavy (non-hydrogen) atoms. The van der Waals surface area contributed by atoms with Crippen LogP contribution < -0.4 is 15.0 Å². The zero-order valence-electron chi connectivity index (χ0n) is 12.8. The number of urea groups is 1. The van der Waals surface area contributed by atoms with Crippen LogP contribution in [0.2, 0.25) is 0 Å². The van der Waals surface area contributed by atoms with Crippen molar-refractivity contribution >= 4 is 17.7 Å². The number of carboxylic acid groups (broad SMARTS) is 1. The molecule has 2 N–H and O–H groups in total. The van der Waals surface area contributed by atoms with Gasteiger partial charge in [0.1, 0.15) is 11.8 Å². The van der Waals surface area contributed by atoms with E-state index in [9.17, 15) is 14.7 Å². The lowest BCUT2D eigenvalue weighted by atomic mass is 9.99. The highest BCUT2D eigenvalue weighted by Crippen LogP contribution is 2.18. The number of anilines is 1. The Kier molecular flexibility index (Phi) is 6.02. The van der Waals surface area contributed by atoms with E-state index in [0.717, 1.165) is 0 Å². The van der Waals surface area contributed by atoms with Crippen molar-refractivity contribution in [3.05, 3.63) is 24.3 Å². The summed E-state index contributed by atoms with van der Waals surface area (Å²) in [7, 11) is 3.15. The maximum absolute atomic E-state index is 12.2. The number of ether oxygens (including phenoxy) is 1. The van der Waals surface area contributed by atoms with E-state index in [1.807, 2.05) is 6.92 Å². The third kappa shape index (κ3) is 4.37. The number of carboxylic acids is 1. The number of nitrogens with one attached hydrogen (secondary N) is 1. The van der Waals surface area contributed by atoms with Crippen LogP contribution in [0.4, 0.5) is 10.5 Å². The van der Waals surface area contributed by atoms with Gasteiger partial charge in [-0.1, -0.05) is 20.3 Å². The van der Waals surface area contributed by atoms with Gasteiger partial charge in [-0.25, -0.2) is 9.59 Å². The average molecular weight is 294 g/mol. The first-order valence-electron chi connectivity index (χ1n) is 6.81. The summed E-state index contributed by atoms with van der Waals surface area (Å²) in [5, 5.41) is 11.7. The molecular weight excluding hydrogens is 272 g/mol. The molecule has 0 saturated heterocycles. The van der Waals surface area contributed by atoms with Crippen molar-refractivity contribution < 1.29 is 19.4 Å². The quantitative estimate of drug-likeness (QED) is 0.844. The van der Waals surface area contributed by atoms with Crippen LogP contribution in [0, 0.1) is 5.92 Å². The molecular formula is C15H22N2O4. The Balaban J connectivity index is 2.78. The Morgan fingerprint density at radius 2 is 1.90 bits per heavy atom. The van der Waals surface area contributed by atoms with Crippen LogP contribution in [-0.2, 0) is 4.79 Å². The van der Waals surface area contributed by atoms with Crippen molar-refractivity contribution in [1.82, 2.24) is 5.32 Å². The fraction of sp³-hybridized carbons (Fsp3) is 0.467. The summed E-state index contributed by atoms with van der Waals surface area (Å²) in [6.07, 6.45) is 0.670. The number of amides is 2. The minimum absolute atomic E-state index is 0.143. The topological polar surface area (TPSA) is 78.9 Å². The molecule has 0 fully saturated rings. The van der Waals surface area contributed by atoms with Crippen LogP contribution in [0.3, 0.4) is 0 Å². The number of carbonyl (C=O) groups is 2. The van der Waals surface area contributed by atoms with Crippen LogP contribution in [0.5, 0.6) is 5.75 Å². The van der Waals surface area contributed by atoms with E-state index in [1.54, 1.807) is 45.3 Å². The van der Waals surface area contributed by atoms with Gasteiger partial charge in [-0.15, -0.1) is 0 Å². The van der Waals surface area contributed by atoms with Gasteiger partial charge in [0.2, 0.25) is 0 Å². The predicted molar refractivity (Wildman–Crippen MR) is 80.8 cm³/mol. The highest BCUT2D eigenvalue weighted by molar-refractivity contribution is 5.94. The van der Waals surface area contributed by atoms with Crippen LogP contribution in [0.1, 0.15) is 20.3 Å². The summed E-state index contributed by atoms with van der Waals surface area (Å²) in [6.45, 7) is 3.69. The van der Waals surface area contributed by atoms with Crippen LogP contribution >= 0.6 is 0 Å². The van der Waals surface area contributed by atoms with Gasteiger partial charge >= 0.3 is 12.0 Å². The summed E-state index contributed by atoms with van der Waals surface area (Å²) in [5.74, 6) is -0.480. The minimum atomic E-state index is -1.03. The van der Waals surface area contributed by atoms with Gasteiger partial charge in [0.25, 0.3) is 0 Å². The molecule has 0 bridgehead atoms. The number of hydrogen-bond donors (Lipinski definition) is 2. The zero-order valence-corrected chi connectivity index (χ0v) is 12.8. The summed E-state index contributed by atoms with van der Waals surface area (Å²) in [5.41, 5.74) is 0.654. The van der Waals surface area contributed by atoms with E-state index in [4.69, 9.17) is 4.74 Å². The van der Waals surface area contributed by atoms with Gasteiger partial charge in [-0.3, -0.25) is 4.90 Å². The lowest BCUT2D eigenvalue weighted by molar-refractivity contribution is -0.140. The largest absolute Gasteiger partial charge is 0.497 e. The molecule has 1 rings (SSSR count). The smallest absolute Gasteiger partial charge is 0.326 e. The lowest BCUT2D eigenvalue weighted by Crippen LogP contribution is -2.49. The van der Waals surface area contributed by atoms with Gasteiger partial charge in [-0.05, 0) is 30.2 Å². The molecule has 2 amide bonds. The number of methoxy groups -OCH3 is 1. The van der Waals surface area contributed by atoms with Crippen LogP contribution in [0.15, 0.2) is 24.3 Å². The van der Waals surface area contributed by atoms with Gasteiger partial charge in [0, 0.05) is 12.7 Å². The van der Waals surface area contributed by atoms with E-state index in [1.165, 1.54) is 4.90 Å². The number of benzene rings is 1. The van der Waals surface area contributed by atoms with Gasteiger partial charge < -0.3 is 15.2 Å². The normalized spacial score (nSPS) is 13.1. The van der Waals surface area contributed by atoms with Crippen LogP contribution in [0.25, 0.3) is 0 Å². The molecule has 1 aromatic rings. The molecule has 0 unspecified atom stereocenters. The molecule has 116 valence electrons. The number of carbonyl (C=O) groups excluding carboxylic acids is 1. The van der Waals surface area contributed by atoms with E-state index in [0.29, 0.717) is 17.9 Å². The molecule has 0 aliphatic heterocycles. The maximum Gasteiger partial charge on any atom is 0.326 e. The fourth-order valence-corrected chi connectivity index (χ4v) is 1.84. The Morgan fingerprint density at radius 1 is 1.33 bits per heavy atom. The number of rotatable bonds is 6. The summed E-state index contributed by atoms with van der Waals surface area (Å²) in [6, 6.07) is 5.59. The molecule has 0 spiro atoms. The standard InChI is InChI=1S/C15H22N2O4/c1-5-10(2)13(14(18)19)16-15(20)17(3)11-6-8-12(21-4)9-7-11/h6-10,13H,5H2,1-4H3,(H,16,20)(H,18,19)/t10-,13-/m0/s1. The SMILES string of the molecule is CC[C@H](C)[C@H](NC(=O)N(C)c1ccc(OC)cc1)C(=O)O. The van der Waals surface area contributed by atoms with E-state index in [-0.39, 0.29) is 5.92 Å². The van der Waals surface area contributed by atoms with Gasteiger partial charge in [0.05, 0.1) is 7.11 Å². The molecule has 6 heteroatoms. The third-order valence-electron chi connectivity index (χ3n) is 3.52. The van der Waals surface area contributed by atoms with Crippen molar-refractivity contribution in [3.63, 3.8) is 0 Å². The molecule has 2 atom stereocenters. The van der Waals surface area contributed by atoms with Crippen molar-refractivity contribution in [3.8, 4) is 5.75 Å². The Labute approximate surface area is 124 Å². The Hall–Kier alpha value is -2.24. The summed E-state index contributed by atoms with van der Waals surface area (Å²) in [4.78, 5) is 24.8. The second-order valence-corrected chi connectivity index (χ2v) is 4.91. The highest BCUT2D eigenvalue weighted by atomic mass is 16.5. The molecule has 0 aliphatic carbocycles. The maximum atomic E-state index is 12.2. The van der Waals surface area contributed by atoms with E-state index < -0.39 is 18.0 Å². The van der Waals surface area contributed by atoms with Crippen LogP contribution in [-0.4, -0.2) is 37.3 Å². The van der Waals surface area contributed by atoms with Crippen molar-refractivity contribution in [2.45, 2.75) is 26.3 Å². The minimum Gasteiger partial charge on any atom is -0.497 e. The summed E-state index contributed by atoms with van der Waals surface area (Å²) < 4.78 is 5.05. The number of hydrogen-bond acceptors (Lipinski definition) is 3. The molecule has 0 heterocycles. The van der Waals surface area contributed by atoms with Gasteiger partial charge in [0.15, 0.2) is 0 Å². The van der Waals surface area contributed by atoms with E-state index >= 15 is 0 Å². The third-order valence-corrected chi connectivity index (χ3v) is 3.52. The second kappa shape index (κ2) is 7.52. The van der Waals surface area contributed by atoms with Crippen molar-refractivity contribution in [1.29, 1.82) is 0 Å². The molecule has 0 aromatic heterocycles. The fourth-order valence-electron chi connectivity index (χ4n) is 1.84. The Bertz CT molecular complexity index is 487. The molecule has 0 saturated carbocycles. The molecule has 1 aromatic carbocycles. The number of nitrogens with zero attached hydrogens (tertiary/aromatic N) is 1. The Morgan fingerprint density at radius 3 is 2.33 bits per heavy atom. The average Bonchev–Trinajstić information content (AvgIpc) is 2.50. The first-order valence-corrected chi connectivity index (χ1v) is 6.81. The monoisotopic (exact) mass is 294 g/mol.